The molecule has 2 aliphatic rings. The fourth-order valence-corrected chi connectivity index (χ4v) is 3.76. The van der Waals surface area contributed by atoms with E-state index in [9.17, 15) is 14.7 Å². The molecule has 2 atom stereocenters. The summed E-state index contributed by atoms with van der Waals surface area (Å²) in [6, 6.07) is 3.11. The Hall–Kier alpha value is -2.24. The van der Waals surface area contributed by atoms with E-state index in [0.29, 0.717) is 17.4 Å². The van der Waals surface area contributed by atoms with E-state index in [1.54, 1.807) is 6.07 Å². The number of amides is 1. The summed E-state index contributed by atoms with van der Waals surface area (Å²) < 4.78 is 11.3. The molecule has 1 aliphatic carbocycles. The van der Waals surface area contributed by atoms with Crippen LogP contribution in [-0.2, 0) is 4.79 Å². The van der Waals surface area contributed by atoms with Crippen LogP contribution in [0.3, 0.4) is 0 Å². The number of fused-ring (bicyclic) bond motifs is 1. The lowest BCUT2D eigenvalue weighted by Crippen LogP contribution is -2.43. The molecule has 6 nitrogen and oxygen atoms in total. The van der Waals surface area contributed by atoms with Gasteiger partial charge in [-0.2, -0.15) is 0 Å². The van der Waals surface area contributed by atoms with Crippen LogP contribution >= 0.6 is 0 Å². The Kier molecular flexibility index (Phi) is 5.12. The van der Waals surface area contributed by atoms with Crippen molar-refractivity contribution in [1.29, 1.82) is 0 Å². The average Bonchev–Trinajstić information content (AvgIpc) is 2.53. The number of rotatable bonds is 4. The molecule has 0 aromatic heterocycles. The zero-order valence-electron chi connectivity index (χ0n) is 15.6. The standard InChI is InChI=1S/C20H27NO5/c1-12-6-4-5-7-14(12)21-18(24)11-25-13-8-15(22)19-16(23)10-20(2,3)26-17(19)9-13/h8-9,12,14,22H,4-7,10-11H2,1-3H3,(H,21,24)/t12-,14-/m1/s1. The highest BCUT2D eigenvalue weighted by Crippen LogP contribution is 2.40. The number of hydrogen-bond donors (Lipinski definition) is 2. The van der Waals surface area contributed by atoms with Crippen molar-refractivity contribution in [2.75, 3.05) is 6.61 Å². The summed E-state index contributed by atoms with van der Waals surface area (Å²) in [6.07, 6.45) is 4.68. The van der Waals surface area contributed by atoms with Crippen molar-refractivity contribution in [3.05, 3.63) is 17.7 Å². The van der Waals surface area contributed by atoms with Crippen LogP contribution in [0.5, 0.6) is 17.2 Å². The minimum Gasteiger partial charge on any atom is -0.507 e. The lowest BCUT2D eigenvalue weighted by atomic mass is 9.86. The smallest absolute Gasteiger partial charge is 0.258 e. The molecule has 6 heteroatoms. The lowest BCUT2D eigenvalue weighted by Gasteiger charge is -2.32. The largest absolute Gasteiger partial charge is 0.507 e. The molecule has 1 saturated carbocycles. The van der Waals surface area contributed by atoms with Gasteiger partial charge >= 0.3 is 0 Å². The van der Waals surface area contributed by atoms with Crippen LogP contribution in [0.15, 0.2) is 12.1 Å². The molecule has 2 N–H and O–H groups in total. The summed E-state index contributed by atoms with van der Waals surface area (Å²) in [6.45, 7) is 5.65. The molecule has 1 heterocycles. The SMILES string of the molecule is C[C@@H]1CCCC[C@H]1NC(=O)COc1cc(O)c2c(c1)OC(C)(C)CC2=O. The molecule has 1 aliphatic heterocycles. The number of benzene rings is 1. The van der Waals surface area contributed by atoms with Gasteiger partial charge in [0.15, 0.2) is 12.4 Å². The predicted octanol–water partition coefficient (Wildman–Crippen LogP) is 3.21. The van der Waals surface area contributed by atoms with Crippen LogP contribution in [0.2, 0.25) is 0 Å². The number of phenolic OH excluding ortho intramolecular Hbond substituents is 1. The summed E-state index contributed by atoms with van der Waals surface area (Å²) in [5.41, 5.74) is -0.457. The van der Waals surface area contributed by atoms with Crippen molar-refractivity contribution in [3.63, 3.8) is 0 Å². The van der Waals surface area contributed by atoms with Gasteiger partial charge in [-0.25, -0.2) is 0 Å². The molecule has 0 bridgehead atoms. The molecule has 3 rings (SSSR count). The first kappa shape index (κ1) is 18.5. The first-order valence-corrected chi connectivity index (χ1v) is 9.26. The first-order valence-electron chi connectivity index (χ1n) is 9.26. The number of carbonyl (C=O) groups is 2. The van der Waals surface area contributed by atoms with Crippen molar-refractivity contribution in [2.24, 2.45) is 5.92 Å². The van der Waals surface area contributed by atoms with E-state index in [-0.39, 0.29) is 42.1 Å². The zero-order chi connectivity index (χ0) is 18.9. The van der Waals surface area contributed by atoms with E-state index in [1.807, 2.05) is 13.8 Å². The van der Waals surface area contributed by atoms with Crippen LogP contribution in [0.25, 0.3) is 0 Å². The van der Waals surface area contributed by atoms with Gasteiger partial charge in [-0.15, -0.1) is 0 Å². The van der Waals surface area contributed by atoms with Gasteiger partial charge in [-0.3, -0.25) is 9.59 Å². The van der Waals surface area contributed by atoms with E-state index in [2.05, 4.69) is 12.2 Å². The highest BCUT2D eigenvalue weighted by atomic mass is 16.5. The number of phenols is 1. The van der Waals surface area contributed by atoms with Gasteiger partial charge in [-0.05, 0) is 32.6 Å². The fraction of sp³-hybridized carbons (Fsp3) is 0.600. The van der Waals surface area contributed by atoms with Gasteiger partial charge in [-0.1, -0.05) is 19.8 Å². The second-order valence-corrected chi connectivity index (χ2v) is 8.00. The Bertz CT molecular complexity index is 712. The summed E-state index contributed by atoms with van der Waals surface area (Å²) in [4.78, 5) is 24.4. The Morgan fingerprint density at radius 3 is 2.81 bits per heavy atom. The zero-order valence-corrected chi connectivity index (χ0v) is 15.6. The minimum absolute atomic E-state index is 0.140. The monoisotopic (exact) mass is 361 g/mol. The van der Waals surface area contributed by atoms with Crippen LogP contribution in [0.4, 0.5) is 0 Å². The number of ketones is 1. The van der Waals surface area contributed by atoms with Crippen LogP contribution in [0, 0.1) is 5.92 Å². The number of aromatic hydroxyl groups is 1. The summed E-state index contributed by atoms with van der Waals surface area (Å²) >= 11 is 0. The second-order valence-electron chi connectivity index (χ2n) is 8.00. The molecule has 0 saturated heterocycles. The normalized spacial score (nSPS) is 24.3. The van der Waals surface area contributed by atoms with Crippen molar-refractivity contribution in [2.45, 2.75) is 64.5 Å². The van der Waals surface area contributed by atoms with Gasteiger partial charge in [0.2, 0.25) is 0 Å². The number of nitrogens with one attached hydrogen (secondary N) is 1. The molecular formula is C20H27NO5. The first-order chi connectivity index (χ1) is 12.2. The molecule has 1 fully saturated rings. The third-order valence-corrected chi connectivity index (χ3v) is 5.13. The maximum atomic E-state index is 12.2. The van der Waals surface area contributed by atoms with Gasteiger partial charge < -0.3 is 19.9 Å². The molecule has 142 valence electrons. The number of ether oxygens (including phenoxy) is 2. The Morgan fingerprint density at radius 2 is 2.08 bits per heavy atom. The highest BCUT2D eigenvalue weighted by Gasteiger charge is 2.35. The fourth-order valence-electron chi connectivity index (χ4n) is 3.76. The summed E-state index contributed by atoms with van der Waals surface area (Å²) in [5.74, 6) is 0.546. The van der Waals surface area contributed by atoms with Crippen molar-refractivity contribution in [3.8, 4) is 17.2 Å². The Balaban J connectivity index is 1.64. The van der Waals surface area contributed by atoms with E-state index < -0.39 is 5.60 Å². The predicted molar refractivity (Wildman–Crippen MR) is 96.8 cm³/mol. The van der Waals surface area contributed by atoms with E-state index in [4.69, 9.17) is 9.47 Å². The molecule has 26 heavy (non-hydrogen) atoms. The minimum atomic E-state index is -0.635. The summed E-state index contributed by atoms with van der Waals surface area (Å²) in [7, 11) is 0. The second kappa shape index (κ2) is 7.17. The summed E-state index contributed by atoms with van der Waals surface area (Å²) in [5, 5.41) is 13.2. The van der Waals surface area contributed by atoms with Gasteiger partial charge in [0.25, 0.3) is 5.91 Å². The van der Waals surface area contributed by atoms with Crippen molar-refractivity contribution in [1.82, 2.24) is 5.32 Å². The molecule has 1 aromatic rings. The average molecular weight is 361 g/mol. The van der Waals surface area contributed by atoms with Gasteiger partial charge in [0, 0.05) is 18.2 Å². The number of hydrogen-bond acceptors (Lipinski definition) is 5. The third-order valence-electron chi connectivity index (χ3n) is 5.13. The van der Waals surface area contributed by atoms with E-state index >= 15 is 0 Å². The van der Waals surface area contributed by atoms with Gasteiger partial charge in [0.05, 0.1) is 6.42 Å². The van der Waals surface area contributed by atoms with Crippen LogP contribution in [-0.4, -0.2) is 35.0 Å². The third kappa shape index (κ3) is 4.11. The number of carbonyl (C=O) groups excluding carboxylic acids is 2. The van der Waals surface area contributed by atoms with Crippen molar-refractivity contribution >= 4 is 11.7 Å². The quantitative estimate of drug-likeness (QED) is 0.860. The number of Topliss-reactive ketones (excluding diaryl/α,β-unsaturated/α-hetero) is 1. The van der Waals surface area contributed by atoms with Crippen LogP contribution in [0.1, 0.15) is 63.2 Å². The molecular weight excluding hydrogens is 334 g/mol. The molecule has 0 unspecified atom stereocenters. The lowest BCUT2D eigenvalue weighted by molar-refractivity contribution is -0.124. The van der Waals surface area contributed by atoms with E-state index in [0.717, 1.165) is 19.3 Å². The van der Waals surface area contributed by atoms with Crippen molar-refractivity contribution < 1.29 is 24.2 Å². The molecule has 0 spiro atoms. The highest BCUT2D eigenvalue weighted by molar-refractivity contribution is 6.03. The molecule has 1 amide bonds. The van der Waals surface area contributed by atoms with Crippen LogP contribution < -0.4 is 14.8 Å². The molecule has 0 radical (unpaired) electrons. The van der Waals surface area contributed by atoms with Gasteiger partial charge in [0.1, 0.15) is 28.4 Å². The Morgan fingerprint density at radius 1 is 1.35 bits per heavy atom. The maximum Gasteiger partial charge on any atom is 0.258 e. The maximum absolute atomic E-state index is 12.2. The Labute approximate surface area is 153 Å². The molecule has 1 aromatic carbocycles. The van der Waals surface area contributed by atoms with E-state index in [1.165, 1.54) is 12.5 Å². The topological polar surface area (TPSA) is 84.9 Å².